The SMILES string of the molecule is Br.CCOc1cc(N2CCN(C(=NCc3ccc(Cl)cc3Oc3ccc(F)c(Cl)c3)NCCC(=O)N(C)C)CC2)ccc1[N+](=O)[O-]. The number of piperazine rings is 1. The standard InChI is InChI=1S/C31H35Cl2FN6O5.BrH/c1-4-44-29-18-23(7-10-27(29)40(42)43)38-13-15-39(16-14-38)31(35-12-11-30(41)37(2)3)36-20-21-5-6-22(32)17-28(21)45-24-8-9-26(34)25(33)19-24;/h5-10,17-19H,4,11-16,20H2,1-3H3,(H,35,36);1H. The van der Waals surface area contributed by atoms with E-state index in [4.69, 9.17) is 37.7 Å². The van der Waals surface area contributed by atoms with E-state index in [1.165, 1.54) is 29.2 Å². The first kappa shape index (κ1) is 36.7. The molecule has 0 aliphatic carbocycles. The van der Waals surface area contributed by atoms with Crippen LogP contribution in [0.1, 0.15) is 18.9 Å². The lowest BCUT2D eigenvalue weighted by molar-refractivity contribution is -0.385. The number of guanidine groups is 1. The van der Waals surface area contributed by atoms with Crippen molar-refractivity contribution in [3.05, 3.63) is 86.1 Å². The number of amides is 1. The van der Waals surface area contributed by atoms with Crippen LogP contribution in [0.5, 0.6) is 17.2 Å². The van der Waals surface area contributed by atoms with Crippen molar-refractivity contribution >= 4 is 63.4 Å². The predicted octanol–water partition coefficient (Wildman–Crippen LogP) is 6.56. The molecule has 0 aromatic heterocycles. The number of nitrogens with one attached hydrogen (secondary N) is 1. The van der Waals surface area contributed by atoms with Crippen LogP contribution in [0, 0.1) is 15.9 Å². The average molecular weight is 742 g/mol. The first-order valence-electron chi connectivity index (χ1n) is 14.4. The van der Waals surface area contributed by atoms with E-state index in [2.05, 4.69) is 15.1 Å². The van der Waals surface area contributed by atoms with Crippen molar-refractivity contribution < 1.29 is 23.6 Å². The topological polar surface area (TPSA) is 113 Å². The number of carbonyl (C=O) groups excluding carboxylic acids is 1. The predicted molar refractivity (Wildman–Crippen MR) is 184 cm³/mol. The number of hydrogen-bond acceptors (Lipinski definition) is 7. The van der Waals surface area contributed by atoms with Crippen LogP contribution in [0.25, 0.3) is 0 Å². The quantitative estimate of drug-likeness (QED) is 0.102. The second-order valence-electron chi connectivity index (χ2n) is 10.4. The second kappa shape index (κ2) is 17.2. The third-order valence-electron chi connectivity index (χ3n) is 7.05. The van der Waals surface area contributed by atoms with Gasteiger partial charge in [0.2, 0.25) is 5.91 Å². The number of aliphatic imine (C=N–C) groups is 1. The second-order valence-corrected chi connectivity index (χ2v) is 11.2. The first-order valence-corrected chi connectivity index (χ1v) is 15.1. The minimum Gasteiger partial charge on any atom is -0.487 e. The van der Waals surface area contributed by atoms with Gasteiger partial charge in [-0.2, -0.15) is 0 Å². The normalized spacial score (nSPS) is 13.1. The molecular formula is C31H36BrCl2FN6O5. The summed E-state index contributed by atoms with van der Waals surface area (Å²) in [5, 5.41) is 15.1. The molecule has 15 heteroatoms. The minimum atomic E-state index is -0.549. The molecule has 0 radical (unpaired) electrons. The highest BCUT2D eigenvalue weighted by Gasteiger charge is 2.23. The Balaban J connectivity index is 0.00000576. The molecule has 0 unspecified atom stereocenters. The molecule has 1 amide bonds. The maximum absolute atomic E-state index is 13.7. The Morgan fingerprint density at radius 2 is 1.80 bits per heavy atom. The Labute approximate surface area is 287 Å². The molecule has 1 heterocycles. The highest BCUT2D eigenvalue weighted by molar-refractivity contribution is 8.93. The molecule has 0 saturated carbocycles. The molecule has 1 fully saturated rings. The Morgan fingerprint density at radius 1 is 1.07 bits per heavy atom. The summed E-state index contributed by atoms with van der Waals surface area (Å²) in [4.78, 5) is 33.8. The number of benzene rings is 3. The highest BCUT2D eigenvalue weighted by atomic mass is 79.9. The molecule has 1 aliphatic rings. The van der Waals surface area contributed by atoms with Crippen molar-refractivity contribution in [3.63, 3.8) is 0 Å². The van der Waals surface area contributed by atoms with E-state index in [1.54, 1.807) is 45.3 Å². The maximum Gasteiger partial charge on any atom is 0.311 e. The van der Waals surface area contributed by atoms with Gasteiger partial charge in [0.25, 0.3) is 0 Å². The van der Waals surface area contributed by atoms with Gasteiger partial charge in [-0.25, -0.2) is 9.38 Å². The molecule has 11 nitrogen and oxygen atoms in total. The van der Waals surface area contributed by atoms with Gasteiger partial charge in [-0.15, -0.1) is 17.0 Å². The Morgan fingerprint density at radius 3 is 2.46 bits per heavy atom. The minimum absolute atomic E-state index is 0. The fourth-order valence-electron chi connectivity index (χ4n) is 4.65. The van der Waals surface area contributed by atoms with E-state index in [1.807, 2.05) is 6.07 Å². The van der Waals surface area contributed by atoms with Crippen LogP contribution in [0.4, 0.5) is 15.8 Å². The lowest BCUT2D eigenvalue weighted by Gasteiger charge is -2.38. The third-order valence-corrected chi connectivity index (χ3v) is 7.58. The van der Waals surface area contributed by atoms with Crippen LogP contribution in [-0.2, 0) is 11.3 Å². The molecule has 248 valence electrons. The summed E-state index contributed by atoms with van der Waals surface area (Å²) in [6.07, 6.45) is 0.287. The van der Waals surface area contributed by atoms with Gasteiger partial charge in [0.05, 0.1) is 23.1 Å². The number of hydrogen-bond donors (Lipinski definition) is 1. The summed E-state index contributed by atoms with van der Waals surface area (Å²) in [5.74, 6) is 1.09. The monoisotopic (exact) mass is 740 g/mol. The van der Waals surface area contributed by atoms with Crippen LogP contribution < -0.4 is 19.7 Å². The highest BCUT2D eigenvalue weighted by Crippen LogP contribution is 2.33. The number of nitro benzene ring substituents is 1. The zero-order valence-corrected chi connectivity index (χ0v) is 28.9. The van der Waals surface area contributed by atoms with E-state index < -0.39 is 10.7 Å². The maximum atomic E-state index is 13.7. The van der Waals surface area contributed by atoms with Gasteiger partial charge in [0.15, 0.2) is 11.7 Å². The van der Waals surface area contributed by atoms with E-state index >= 15 is 0 Å². The van der Waals surface area contributed by atoms with E-state index in [0.717, 1.165) is 11.3 Å². The summed E-state index contributed by atoms with van der Waals surface area (Å²) in [6, 6.07) is 14.2. The number of anilines is 1. The number of nitro groups is 1. The molecule has 46 heavy (non-hydrogen) atoms. The van der Waals surface area contributed by atoms with Gasteiger partial charge in [0.1, 0.15) is 17.3 Å². The average Bonchev–Trinajstić information content (AvgIpc) is 3.01. The van der Waals surface area contributed by atoms with Crippen molar-refractivity contribution in [1.82, 2.24) is 15.1 Å². The first-order chi connectivity index (χ1) is 21.5. The molecule has 0 spiro atoms. The van der Waals surface area contributed by atoms with Gasteiger partial charge >= 0.3 is 5.69 Å². The Bertz CT molecular complexity index is 1560. The molecule has 3 aromatic carbocycles. The molecular weight excluding hydrogens is 706 g/mol. The lowest BCUT2D eigenvalue weighted by Crippen LogP contribution is -2.53. The van der Waals surface area contributed by atoms with Gasteiger partial charge in [-0.1, -0.05) is 29.3 Å². The molecule has 0 bridgehead atoms. The molecule has 0 atom stereocenters. The number of ether oxygens (including phenoxy) is 2. The molecule has 4 rings (SSSR count). The Hall–Kier alpha value is -3.81. The summed E-state index contributed by atoms with van der Waals surface area (Å²) in [5.41, 5.74) is 1.49. The number of rotatable bonds is 11. The van der Waals surface area contributed by atoms with Gasteiger partial charge in [0, 0.05) is 87.7 Å². The van der Waals surface area contributed by atoms with E-state index in [-0.39, 0.29) is 52.3 Å². The molecule has 1 N–H and O–H groups in total. The van der Waals surface area contributed by atoms with Crippen molar-refractivity contribution in [2.45, 2.75) is 19.9 Å². The fraction of sp³-hybridized carbons (Fsp3) is 0.355. The van der Waals surface area contributed by atoms with Crippen molar-refractivity contribution in [2.75, 3.05) is 58.3 Å². The fourth-order valence-corrected chi connectivity index (χ4v) is 4.98. The zero-order chi connectivity index (χ0) is 32.5. The molecule has 1 saturated heterocycles. The zero-order valence-electron chi connectivity index (χ0n) is 25.7. The molecule has 1 aliphatic heterocycles. The van der Waals surface area contributed by atoms with Crippen LogP contribution in [-0.4, -0.2) is 80.0 Å². The third kappa shape index (κ3) is 9.84. The van der Waals surface area contributed by atoms with E-state index in [0.29, 0.717) is 61.8 Å². The number of halogens is 4. The lowest BCUT2D eigenvalue weighted by atomic mass is 10.2. The summed E-state index contributed by atoms with van der Waals surface area (Å²) in [6.45, 7) is 5.17. The van der Waals surface area contributed by atoms with Crippen LogP contribution in [0.15, 0.2) is 59.6 Å². The van der Waals surface area contributed by atoms with Crippen LogP contribution >= 0.6 is 40.2 Å². The van der Waals surface area contributed by atoms with Crippen molar-refractivity contribution in [2.24, 2.45) is 4.99 Å². The largest absolute Gasteiger partial charge is 0.487 e. The Kier molecular flexibility index (Phi) is 13.7. The van der Waals surface area contributed by atoms with Crippen LogP contribution in [0.2, 0.25) is 10.0 Å². The van der Waals surface area contributed by atoms with Crippen molar-refractivity contribution in [1.29, 1.82) is 0 Å². The molecule has 3 aromatic rings. The smallest absolute Gasteiger partial charge is 0.311 e. The van der Waals surface area contributed by atoms with Crippen LogP contribution in [0.3, 0.4) is 0 Å². The number of carbonyl (C=O) groups is 1. The number of nitrogens with zero attached hydrogens (tertiary/aromatic N) is 5. The van der Waals surface area contributed by atoms with Crippen molar-refractivity contribution in [3.8, 4) is 17.2 Å². The van der Waals surface area contributed by atoms with Gasteiger partial charge in [-0.3, -0.25) is 14.9 Å². The summed E-state index contributed by atoms with van der Waals surface area (Å²) in [7, 11) is 3.42. The van der Waals surface area contributed by atoms with Gasteiger partial charge < -0.3 is 29.5 Å². The summed E-state index contributed by atoms with van der Waals surface area (Å²) >= 11 is 12.2. The summed E-state index contributed by atoms with van der Waals surface area (Å²) < 4.78 is 25.2. The van der Waals surface area contributed by atoms with E-state index in [9.17, 15) is 19.3 Å². The van der Waals surface area contributed by atoms with Gasteiger partial charge in [-0.05, 0) is 37.3 Å².